The molecule has 2 aromatic carbocycles. The van der Waals surface area contributed by atoms with E-state index in [1.165, 1.54) is 19.2 Å². The number of nitrogens with one attached hydrogen (secondary N) is 2. The molecule has 0 fully saturated rings. The summed E-state index contributed by atoms with van der Waals surface area (Å²) in [6, 6.07) is 4.32. The van der Waals surface area contributed by atoms with E-state index in [-0.39, 0.29) is 34.9 Å². The van der Waals surface area contributed by atoms with Crippen molar-refractivity contribution in [1.82, 2.24) is 5.32 Å². The molecule has 3 N–H and O–H groups in total. The minimum absolute atomic E-state index is 0.0456. The van der Waals surface area contributed by atoms with Crippen LogP contribution in [0.3, 0.4) is 0 Å². The minimum atomic E-state index is -0.795. The van der Waals surface area contributed by atoms with Crippen molar-refractivity contribution < 1.29 is 14.6 Å². The average Bonchev–Trinajstić information content (AvgIpc) is 2.58. The first-order valence-electron chi connectivity index (χ1n) is 6.66. The molecule has 118 valence electrons. The topological polar surface area (TPSA) is 129 Å². The average molecular weight is 315 g/mol. The van der Waals surface area contributed by atoms with E-state index < -0.39 is 22.5 Å². The summed E-state index contributed by atoms with van der Waals surface area (Å²) in [6.07, 6.45) is 0. The van der Waals surface area contributed by atoms with Crippen LogP contribution in [0.5, 0.6) is 11.5 Å². The second-order valence-electron chi connectivity index (χ2n) is 4.53. The summed E-state index contributed by atoms with van der Waals surface area (Å²) in [4.78, 5) is 34.8. The summed E-state index contributed by atoms with van der Waals surface area (Å²) in [5, 5.41) is 24.1. The van der Waals surface area contributed by atoms with Crippen LogP contribution in [0.15, 0.2) is 21.7 Å². The van der Waals surface area contributed by atoms with E-state index in [4.69, 9.17) is 10.00 Å². The zero-order valence-corrected chi connectivity index (χ0v) is 12.4. The van der Waals surface area contributed by atoms with Gasteiger partial charge in [0, 0.05) is 7.05 Å². The molecule has 0 unspecified atom stereocenters. The van der Waals surface area contributed by atoms with Gasteiger partial charge in [-0.2, -0.15) is 5.26 Å². The second-order valence-corrected chi connectivity index (χ2v) is 4.53. The quantitative estimate of drug-likeness (QED) is 0.536. The molecule has 0 radical (unpaired) electrons. The van der Waals surface area contributed by atoms with Crippen LogP contribution in [0.2, 0.25) is 0 Å². The lowest BCUT2D eigenvalue weighted by atomic mass is 10.1. The van der Waals surface area contributed by atoms with Crippen LogP contribution in [-0.2, 0) is 0 Å². The third-order valence-electron chi connectivity index (χ3n) is 3.13. The Morgan fingerprint density at radius 2 is 2.04 bits per heavy atom. The molecule has 2 rings (SSSR count). The molecule has 0 bridgehead atoms. The Balaban J connectivity index is 2.51. The second kappa shape index (κ2) is 6.19. The first kappa shape index (κ1) is 16.0. The van der Waals surface area contributed by atoms with Crippen molar-refractivity contribution in [2.45, 2.75) is 6.92 Å². The number of amides is 1. The smallest absolute Gasteiger partial charge is 0.272 e. The summed E-state index contributed by atoms with van der Waals surface area (Å²) < 4.78 is 5.06. The van der Waals surface area contributed by atoms with Crippen molar-refractivity contribution in [3.05, 3.63) is 43.7 Å². The van der Waals surface area contributed by atoms with Gasteiger partial charge in [0.1, 0.15) is 5.69 Å². The minimum Gasteiger partial charge on any atom is -0.505 e. The third kappa shape index (κ3) is 2.72. The highest BCUT2D eigenvalue weighted by Gasteiger charge is 2.24. The third-order valence-corrected chi connectivity index (χ3v) is 3.13. The Morgan fingerprint density at radius 3 is 2.61 bits per heavy atom. The summed E-state index contributed by atoms with van der Waals surface area (Å²) >= 11 is 0. The Hall–Kier alpha value is -3.34. The number of phenols is 1. The molecular weight excluding hydrogens is 302 g/mol. The molecule has 0 spiro atoms. The Bertz CT molecular complexity index is 888. The van der Waals surface area contributed by atoms with Gasteiger partial charge in [-0.3, -0.25) is 14.4 Å². The van der Waals surface area contributed by atoms with Gasteiger partial charge >= 0.3 is 0 Å². The van der Waals surface area contributed by atoms with E-state index in [1.54, 1.807) is 6.92 Å². The van der Waals surface area contributed by atoms with Crippen molar-refractivity contribution in [3.63, 3.8) is 0 Å². The lowest BCUT2D eigenvalue weighted by Crippen LogP contribution is -2.35. The van der Waals surface area contributed by atoms with Crippen LogP contribution in [0.25, 0.3) is 0 Å². The number of benzene rings is 1. The number of ether oxygens (including phenoxy) is 1. The monoisotopic (exact) mass is 315 g/mol. The maximum atomic E-state index is 11.7. The number of rotatable bonds is 5. The molecule has 0 aliphatic rings. The molecule has 0 saturated heterocycles. The molecule has 0 saturated carbocycles. The van der Waals surface area contributed by atoms with Gasteiger partial charge in [0.05, 0.1) is 29.5 Å². The van der Waals surface area contributed by atoms with Crippen LogP contribution >= 0.6 is 0 Å². The zero-order valence-electron chi connectivity index (χ0n) is 12.4. The maximum absolute atomic E-state index is 11.7. The molecular formula is C15H13N3O5. The number of anilines is 2. The predicted molar refractivity (Wildman–Crippen MR) is 82.0 cm³/mol. The van der Waals surface area contributed by atoms with Gasteiger partial charge < -0.3 is 20.5 Å². The number of aromatic hydroxyl groups is 1. The molecule has 0 atom stereocenters. The number of nitriles is 1. The van der Waals surface area contributed by atoms with Crippen molar-refractivity contribution in [1.29, 1.82) is 5.26 Å². The normalized spacial score (nSPS) is 10.1. The van der Waals surface area contributed by atoms with Crippen molar-refractivity contribution in [2.75, 3.05) is 19.0 Å². The van der Waals surface area contributed by atoms with Crippen LogP contribution in [0.4, 0.5) is 11.4 Å². The number of carbonyl (C=O) groups excluding carboxylic acids is 1. The largest absolute Gasteiger partial charge is 0.505 e. The van der Waals surface area contributed by atoms with Gasteiger partial charge in [0.2, 0.25) is 0 Å². The van der Waals surface area contributed by atoms with Crippen molar-refractivity contribution in [3.8, 4) is 17.6 Å². The van der Waals surface area contributed by atoms with E-state index in [2.05, 4.69) is 10.6 Å². The van der Waals surface area contributed by atoms with Gasteiger partial charge in [0.25, 0.3) is 16.8 Å². The Labute approximate surface area is 130 Å². The van der Waals surface area contributed by atoms with Gasteiger partial charge in [-0.15, -0.1) is 0 Å². The highest BCUT2D eigenvalue weighted by molar-refractivity contribution is 5.99. The lowest BCUT2D eigenvalue weighted by molar-refractivity contribution is 0.0960. The molecule has 0 aliphatic carbocycles. The standard InChI is InChI=1S/C15H13N3O5/c1-3-23-14-10(12(20)13(14)21)18-9-5-7(6-16)4-8(11(9)19)15(22)17-2/h4-5,18-19H,3H2,1-2H3,(H,17,22). The Morgan fingerprint density at radius 1 is 1.35 bits per heavy atom. The number of nitrogens with zero attached hydrogens (tertiary/aromatic N) is 1. The van der Waals surface area contributed by atoms with E-state index >= 15 is 0 Å². The number of carbonyl (C=O) groups is 1. The lowest BCUT2D eigenvalue weighted by Gasteiger charge is -2.15. The van der Waals surface area contributed by atoms with E-state index in [1.807, 2.05) is 6.07 Å². The molecule has 0 heterocycles. The zero-order chi connectivity index (χ0) is 17.1. The summed E-state index contributed by atoms with van der Waals surface area (Å²) in [5.41, 5.74) is -1.76. The predicted octanol–water partition coefficient (Wildman–Crippen LogP) is 0.362. The van der Waals surface area contributed by atoms with Crippen LogP contribution < -0.4 is 26.2 Å². The van der Waals surface area contributed by atoms with E-state index in [0.717, 1.165) is 0 Å². The molecule has 8 heteroatoms. The highest BCUT2D eigenvalue weighted by Crippen LogP contribution is 2.33. The number of hydrogen-bond acceptors (Lipinski definition) is 7. The van der Waals surface area contributed by atoms with Crippen LogP contribution in [0.1, 0.15) is 22.8 Å². The number of phenolic OH excluding ortho intramolecular Hbond substituents is 1. The van der Waals surface area contributed by atoms with Crippen LogP contribution in [-0.4, -0.2) is 24.7 Å². The molecule has 0 aromatic heterocycles. The van der Waals surface area contributed by atoms with Crippen molar-refractivity contribution >= 4 is 17.3 Å². The summed E-state index contributed by atoms with van der Waals surface area (Å²) in [6.45, 7) is 1.84. The van der Waals surface area contributed by atoms with E-state index in [9.17, 15) is 19.5 Å². The first-order chi connectivity index (χ1) is 10.9. The fraction of sp³-hybridized carbons (Fsp3) is 0.200. The van der Waals surface area contributed by atoms with Gasteiger partial charge in [-0.05, 0) is 19.1 Å². The Kier molecular flexibility index (Phi) is 4.32. The first-order valence-corrected chi connectivity index (χ1v) is 6.66. The summed E-state index contributed by atoms with van der Waals surface area (Å²) in [7, 11) is 1.37. The van der Waals surface area contributed by atoms with Gasteiger partial charge in [0.15, 0.2) is 11.5 Å². The highest BCUT2D eigenvalue weighted by atomic mass is 16.5. The van der Waals surface area contributed by atoms with Gasteiger partial charge in [-0.1, -0.05) is 0 Å². The van der Waals surface area contributed by atoms with Gasteiger partial charge in [-0.25, -0.2) is 0 Å². The van der Waals surface area contributed by atoms with Crippen molar-refractivity contribution in [2.24, 2.45) is 0 Å². The number of hydrogen-bond donors (Lipinski definition) is 3. The molecule has 2 aromatic rings. The fourth-order valence-electron chi connectivity index (χ4n) is 2.00. The maximum Gasteiger partial charge on any atom is 0.272 e. The van der Waals surface area contributed by atoms with E-state index in [0.29, 0.717) is 0 Å². The molecule has 23 heavy (non-hydrogen) atoms. The molecule has 8 nitrogen and oxygen atoms in total. The van der Waals surface area contributed by atoms with Crippen LogP contribution in [0, 0.1) is 11.3 Å². The summed E-state index contributed by atoms with van der Waals surface area (Å²) in [5.74, 6) is -1.18. The molecule has 1 amide bonds. The molecule has 0 aliphatic heterocycles. The fourth-order valence-corrected chi connectivity index (χ4v) is 2.00. The SMILES string of the molecule is CCOc1c(Nc2cc(C#N)cc(C(=O)NC)c2O)c(=O)c1=O.